The lowest BCUT2D eigenvalue weighted by Gasteiger charge is -2.36. The molecule has 142 valence electrons. The molecule has 1 aliphatic rings. The Kier molecular flexibility index (Phi) is 6.19. The van der Waals surface area contributed by atoms with Crippen molar-refractivity contribution in [1.82, 2.24) is 14.9 Å². The Balaban J connectivity index is 1.40. The number of amides is 1. The first-order chi connectivity index (χ1) is 13.1. The van der Waals surface area contributed by atoms with Gasteiger partial charge in [-0.25, -0.2) is 9.97 Å². The highest BCUT2D eigenvalue weighted by Crippen LogP contribution is 2.15. The quantitative estimate of drug-likeness (QED) is 0.697. The Bertz CT molecular complexity index is 748. The molecule has 3 rings (SSSR count). The minimum absolute atomic E-state index is 0.0148. The minimum Gasteiger partial charge on any atom is -0.454 e. The van der Waals surface area contributed by atoms with Crippen LogP contribution < -0.4 is 9.80 Å². The van der Waals surface area contributed by atoms with Gasteiger partial charge in [0, 0.05) is 51.3 Å². The van der Waals surface area contributed by atoms with Crippen LogP contribution in [-0.2, 0) is 14.3 Å². The van der Waals surface area contributed by atoms with Crippen LogP contribution in [0.25, 0.3) is 0 Å². The predicted octanol–water partition coefficient (Wildman–Crippen LogP) is 0.805. The summed E-state index contributed by atoms with van der Waals surface area (Å²) in [7, 11) is 1.70. The van der Waals surface area contributed by atoms with E-state index in [1.54, 1.807) is 35.3 Å². The molecule has 8 heteroatoms. The smallest absolute Gasteiger partial charge is 0.326 e. The van der Waals surface area contributed by atoms with Gasteiger partial charge in [0.15, 0.2) is 6.61 Å². The number of hydrogen-bond donors (Lipinski definition) is 0. The largest absolute Gasteiger partial charge is 0.454 e. The number of likely N-dealkylation sites (N-methyl/N-ethyl adjacent to an activating group) is 1. The zero-order valence-electron chi connectivity index (χ0n) is 15.3. The molecule has 0 N–H and O–H groups in total. The van der Waals surface area contributed by atoms with Crippen molar-refractivity contribution in [2.45, 2.75) is 0 Å². The predicted molar refractivity (Wildman–Crippen MR) is 101 cm³/mol. The number of carbonyl (C=O) groups excluding carboxylic acids is 2. The fraction of sp³-hybridized carbons (Fsp3) is 0.368. The SMILES string of the molecule is CN(CC(=O)OCC(=O)N1CCN(c2ccccc2)CC1)c1ncccn1. The van der Waals surface area contributed by atoms with Gasteiger partial charge in [-0.1, -0.05) is 18.2 Å². The molecule has 1 aromatic heterocycles. The van der Waals surface area contributed by atoms with Crippen molar-refractivity contribution in [2.75, 3.05) is 56.2 Å². The maximum Gasteiger partial charge on any atom is 0.326 e. The molecule has 1 aliphatic heterocycles. The third kappa shape index (κ3) is 5.16. The molecule has 1 fully saturated rings. The maximum absolute atomic E-state index is 12.3. The van der Waals surface area contributed by atoms with E-state index in [9.17, 15) is 9.59 Å². The van der Waals surface area contributed by atoms with Crippen LogP contribution >= 0.6 is 0 Å². The molecular formula is C19H23N5O3. The van der Waals surface area contributed by atoms with E-state index >= 15 is 0 Å². The van der Waals surface area contributed by atoms with Crippen LogP contribution in [-0.4, -0.2) is 73.1 Å². The van der Waals surface area contributed by atoms with Crippen LogP contribution in [0.4, 0.5) is 11.6 Å². The Labute approximate surface area is 158 Å². The number of carbonyl (C=O) groups is 2. The summed E-state index contributed by atoms with van der Waals surface area (Å²) < 4.78 is 5.12. The molecule has 0 spiro atoms. The number of esters is 1. The Morgan fingerprint density at radius 1 is 1.04 bits per heavy atom. The van der Waals surface area contributed by atoms with Crippen LogP contribution in [0.2, 0.25) is 0 Å². The number of para-hydroxylation sites is 1. The number of aromatic nitrogens is 2. The van der Waals surface area contributed by atoms with Crippen LogP contribution in [0, 0.1) is 0 Å². The van der Waals surface area contributed by atoms with Crippen molar-refractivity contribution in [3.05, 3.63) is 48.8 Å². The van der Waals surface area contributed by atoms with Crippen molar-refractivity contribution in [3.8, 4) is 0 Å². The Morgan fingerprint density at radius 2 is 1.70 bits per heavy atom. The lowest BCUT2D eigenvalue weighted by atomic mass is 10.2. The highest BCUT2D eigenvalue weighted by Gasteiger charge is 2.22. The van der Waals surface area contributed by atoms with Gasteiger partial charge in [-0.3, -0.25) is 9.59 Å². The molecule has 0 aliphatic carbocycles. The molecule has 0 radical (unpaired) electrons. The van der Waals surface area contributed by atoms with E-state index in [2.05, 4.69) is 27.0 Å². The molecule has 0 saturated carbocycles. The molecular weight excluding hydrogens is 346 g/mol. The van der Waals surface area contributed by atoms with Gasteiger partial charge in [-0.05, 0) is 18.2 Å². The normalized spacial score (nSPS) is 14.0. The number of hydrogen-bond acceptors (Lipinski definition) is 7. The second-order valence-corrected chi connectivity index (χ2v) is 6.27. The fourth-order valence-electron chi connectivity index (χ4n) is 2.88. The lowest BCUT2D eigenvalue weighted by molar-refractivity contribution is -0.151. The standard InChI is InChI=1S/C19H23N5O3/c1-22(19-20-8-5-9-21-19)14-18(26)27-15-17(25)24-12-10-23(11-13-24)16-6-3-2-4-7-16/h2-9H,10-15H2,1H3. The number of ether oxygens (including phenoxy) is 1. The third-order valence-corrected chi connectivity index (χ3v) is 4.37. The first kappa shape index (κ1) is 18.6. The topological polar surface area (TPSA) is 78.9 Å². The molecule has 1 amide bonds. The number of nitrogens with zero attached hydrogens (tertiary/aromatic N) is 5. The first-order valence-corrected chi connectivity index (χ1v) is 8.85. The Morgan fingerprint density at radius 3 is 2.37 bits per heavy atom. The van der Waals surface area contributed by atoms with E-state index in [4.69, 9.17) is 4.74 Å². The van der Waals surface area contributed by atoms with Crippen molar-refractivity contribution >= 4 is 23.5 Å². The molecule has 0 unspecified atom stereocenters. The fourth-order valence-corrected chi connectivity index (χ4v) is 2.88. The second-order valence-electron chi connectivity index (χ2n) is 6.27. The van der Waals surface area contributed by atoms with Crippen molar-refractivity contribution in [1.29, 1.82) is 0 Å². The summed E-state index contributed by atoms with van der Waals surface area (Å²) in [4.78, 5) is 37.9. The summed E-state index contributed by atoms with van der Waals surface area (Å²) >= 11 is 0. The first-order valence-electron chi connectivity index (χ1n) is 8.85. The highest BCUT2D eigenvalue weighted by molar-refractivity contribution is 5.82. The van der Waals surface area contributed by atoms with Gasteiger partial charge in [0.2, 0.25) is 5.95 Å². The van der Waals surface area contributed by atoms with Crippen LogP contribution in [0.3, 0.4) is 0 Å². The lowest BCUT2D eigenvalue weighted by Crippen LogP contribution is -2.50. The van der Waals surface area contributed by atoms with Gasteiger partial charge < -0.3 is 19.4 Å². The Hall–Kier alpha value is -3.16. The van der Waals surface area contributed by atoms with E-state index < -0.39 is 5.97 Å². The summed E-state index contributed by atoms with van der Waals surface area (Å²) in [6.45, 7) is 2.49. The van der Waals surface area contributed by atoms with E-state index in [1.165, 1.54) is 0 Å². The van der Waals surface area contributed by atoms with Gasteiger partial charge in [-0.15, -0.1) is 0 Å². The van der Waals surface area contributed by atoms with Gasteiger partial charge >= 0.3 is 5.97 Å². The van der Waals surface area contributed by atoms with Gasteiger partial charge in [0.1, 0.15) is 6.54 Å². The summed E-state index contributed by atoms with van der Waals surface area (Å²) in [6.07, 6.45) is 3.20. The molecule has 0 bridgehead atoms. The number of anilines is 2. The average Bonchev–Trinajstić information content (AvgIpc) is 2.73. The molecule has 8 nitrogen and oxygen atoms in total. The van der Waals surface area contributed by atoms with Crippen molar-refractivity contribution in [2.24, 2.45) is 0 Å². The third-order valence-electron chi connectivity index (χ3n) is 4.37. The zero-order valence-corrected chi connectivity index (χ0v) is 15.3. The van der Waals surface area contributed by atoms with Crippen molar-refractivity contribution in [3.63, 3.8) is 0 Å². The highest BCUT2D eigenvalue weighted by atomic mass is 16.5. The maximum atomic E-state index is 12.3. The van der Waals surface area contributed by atoms with Gasteiger partial charge in [0.05, 0.1) is 0 Å². The average molecular weight is 369 g/mol. The minimum atomic E-state index is -0.485. The van der Waals surface area contributed by atoms with E-state index in [1.807, 2.05) is 18.2 Å². The molecule has 2 aromatic rings. The van der Waals surface area contributed by atoms with Crippen LogP contribution in [0.5, 0.6) is 0 Å². The number of piperazine rings is 1. The number of rotatable bonds is 6. The number of benzene rings is 1. The molecule has 27 heavy (non-hydrogen) atoms. The van der Waals surface area contributed by atoms with Crippen LogP contribution in [0.1, 0.15) is 0 Å². The van der Waals surface area contributed by atoms with Gasteiger partial charge in [-0.2, -0.15) is 0 Å². The summed E-state index contributed by atoms with van der Waals surface area (Å²) in [5.74, 6) is -0.228. The van der Waals surface area contributed by atoms with E-state index in [0.717, 1.165) is 18.8 Å². The van der Waals surface area contributed by atoms with Crippen molar-refractivity contribution < 1.29 is 14.3 Å². The summed E-state index contributed by atoms with van der Waals surface area (Å²) in [5, 5.41) is 0. The molecule has 2 heterocycles. The molecule has 0 atom stereocenters. The summed E-state index contributed by atoms with van der Waals surface area (Å²) in [6, 6.07) is 11.8. The monoisotopic (exact) mass is 369 g/mol. The second kappa shape index (κ2) is 8.98. The molecule has 1 aromatic carbocycles. The van der Waals surface area contributed by atoms with E-state index in [0.29, 0.717) is 19.0 Å². The van der Waals surface area contributed by atoms with Gasteiger partial charge in [0.25, 0.3) is 5.91 Å². The van der Waals surface area contributed by atoms with Crippen LogP contribution in [0.15, 0.2) is 48.8 Å². The molecule has 1 saturated heterocycles. The summed E-state index contributed by atoms with van der Waals surface area (Å²) in [5.41, 5.74) is 1.15. The zero-order chi connectivity index (χ0) is 19.1. The van der Waals surface area contributed by atoms with E-state index in [-0.39, 0.29) is 19.1 Å².